The predicted octanol–water partition coefficient (Wildman–Crippen LogP) is 0.695. The van der Waals surface area contributed by atoms with E-state index in [-0.39, 0.29) is 5.91 Å². The maximum absolute atomic E-state index is 11.7. The Morgan fingerprint density at radius 3 is 2.40 bits per heavy atom. The predicted molar refractivity (Wildman–Crippen MR) is 58.3 cm³/mol. The molecule has 1 heterocycles. The van der Waals surface area contributed by atoms with Gasteiger partial charge in [-0.05, 0) is 25.7 Å². The minimum Gasteiger partial charge on any atom is -0.336 e. The monoisotopic (exact) mass is 212 g/mol. The van der Waals surface area contributed by atoms with Crippen LogP contribution in [0.1, 0.15) is 39.0 Å². The van der Waals surface area contributed by atoms with Gasteiger partial charge >= 0.3 is 0 Å². The van der Waals surface area contributed by atoms with Crippen LogP contribution in [0.4, 0.5) is 0 Å². The molecule has 0 radical (unpaired) electrons. The van der Waals surface area contributed by atoms with E-state index < -0.39 is 11.8 Å². The van der Waals surface area contributed by atoms with Gasteiger partial charge in [-0.25, -0.2) is 0 Å². The summed E-state index contributed by atoms with van der Waals surface area (Å²) in [7, 11) is 0. The number of ketones is 1. The van der Waals surface area contributed by atoms with Crippen LogP contribution >= 0.6 is 0 Å². The highest BCUT2D eigenvalue weighted by Crippen LogP contribution is 2.10. The van der Waals surface area contributed by atoms with E-state index in [1.807, 2.05) is 6.92 Å². The van der Waals surface area contributed by atoms with Crippen LogP contribution in [0, 0.1) is 0 Å². The highest BCUT2D eigenvalue weighted by atomic mass is 16.2. The molecule has 86 valence electrons. The van der Waals surface area contributed by atoms with Crippen molar-refractivity contribution in [2.24, 2.45) is 5.73 Å². The van der Waals surface area contributed by atoms with Gasteiger partial charge in [0.25, 0.3) is 5.91 Å². The summed E-state index contributed by atoms with van der Waals surface area (Å²) in [4.78, 5) is 25.0. The van der Waals surface area contributed by atoms with Gasteiger partial charge in [0.15, 0.2) is 0 Å². The summed E-state index contributed by atoms with van der Waals surface area (Å²) in [6.07, 6.45) is 4.58. The van der Waals surface area contributed by atoms with Gasteiger partial charge in [0.2, 0.25) is 5.78 Å². The lowest BCUT2D eigenvalue weighted by atomic mass is 10.1. The Hall–Kier alpha value is -0.900. The molecule has 15 heavy (non-hydrogen) atoms. The number of likely N-dealkylation sites (tertiary alicyclic amines) is 1. The maximum Gasteiger partial charge on any atom is 0.291 e. The van der Waals surface area contributed by atoms with Crippen molar-refractivity contribution in [3.63, 3.8) is 0 Å². The molecule has 4 nitrogen and oxygen atoms in total. The number of rotatable bonds is 4. The van der Waals surface area contributed by atoms with E-state index in [2.05, 4.69) is 0 Å². The van der Waals surface area contributed by atoms with E-state index in [0.29, 0.717) is 19.5 Å². The smallest absolute Gasteiger partial charge is 0.291 e. The fourth-order valence-electron chi connectivity index (χ4n) is 1.85. The molecule has 0 saturated carbocycles. The maximum atomic E-state index is 11.7. The van der Waals surface area contributed by atoms with Gasteiger partial charge in [-0.15, -0.1) is 0 Å². The third-order valence-electron chi connectivity index (χ3n) is 2.79. The zero-order valence-corrected chi connectivity index (χ0v) is 9.37. The molecule has 1 aliphatic heterocycles. The van der Waals surface area contributed by atoms with Crippen LogP contribution in [-0.4, -0.2) is 35.7 Å². The summed E-state index contributed by atoms with van der Waals surface area (Å²) in [5.41, 5.74) is 5.64. The van der Waals surface area contributed by atoms with Crippen molar-refractivity contribution in [3.05, 3.63) is 0 Å². The second-order valence-corrected chi connectivity index (χ2v) is 4.11. The lowest BCUT2D eigenvalue weighted by Gasteiger charge is -2.26. The van der Waals surface area contributed by atoms with Crippen molar-refractivity contribution in [3.8, 4) is 0 Å². The molecule has 1 rings (SSSR count). The molecule has 0 aromatic heterocycles. The Balaban J connectivity index is 2.47. The van der Waals surface area contributed by atoms with Crippen molar-refractivity contribution in [2.75, 3.05) is 13.1 Å². The standard InChI is InChI=1S/C11H20N2O2/c1-2-6-9(12)10(14)11(15)13-7-4-3-5-8-13/h9H,2-8,12H2,1H3. The zero-order chi connectivity index (χ0) is 11.3. The Labute approximate surface area is 90.8 Å². The number of nitrogens with zero attached hydrogens (tertiary/aromatic N) is 1. The first-order chi connectivity index (χ1) is 7.16. The lowest BCUT2D eigenvalue weighted by Crippen LogP contribution is -2.46. The molecule has 1 atom stereocenters. The first-order valence-electron chi connectivity index (χ1n) is 5.75. The molecule has 1 unspecified atom stereocenters. The summed E-state index contributed by atoms with van der Waals surface area (Å²) >= 11 is 0. The Morgan fingerprint density at radius 1 is 1.27 bits per heavy atom. The minimum absolute atomic E-state index is 0.379. The number of hydrogen-bond donors (Lipinski definition) is 1. The summed E-state index contributed by atoms with van der Waals surface area (Å²) in [6, 6.07) is -0.607. The lowest BCUT2D eigenvalue weighted by molar-refractivity contribution is -0.146. The summed E-state index contributed by atoms with van der Waals surface area (Å²) in [5, 5.41) is 0. The molecule has 0 aromatic carbocycles. The van der Waals surface area contributed by atoms with Gasteiger partial charge in [0.05, 0.1) is 6.04 Å². The SMILES string of the molecule is CCCC(N)C(=O)C(=O)N1CCCCC1. The highest BCUT2D eigenvalue weighted by molar-refractivity contribution is 6.38. The fraction of sp³-hybridized carbons (Fsp3) is 0.818. The molecule has 1 saturated heterocycles. The van der Waals surface area contributed by atoms with Gasteiger partial charge in [0.1, 0.15) is 0 Å². The highest BCUT2D eigenvalue weighted by Gasteiger charge is 2.27. The summed E-state index contributed by atoms with van der Waals surface area (Å²) < 4.78 is 0. The number of carbonyl (C=O) groups excluding carboxylic acids is 2. The Morgan fingerprint density at radius 2 is 1.87 bits per heavy atom. The molecule has 4 heteroatoms. The summed E-state index contributed by atoms with van der Waals surface area (Å²) in [6.45, 7) is 3.38. The Kier molecular flexibility index (Phi) is 4.75. The van der Waals surface area contributed by atoms with Crippen LogP contribution in [0.5, 0.6) is 0 Å². The molecule has 1 amide bonds. The number of amides is 1. The van der Waals surface area contributed by atoms with Gasteiger partial charge in [-0.2, -0.15) is 0 Å². The van der Waals surface area contributed by atoms with Gasteiger partial charge in [-0.1, -0.05) is 13.3 Å². The van der Waals surface area contributed by atoms with Gasteiger partial charge in [-0.3, -0.25) is 9.59 Å². The van der Waals surface area contributed by atoms with E-state index in [4.69, 9.17) is 5.73 Å². The molecule has 0 aromatic rings. The molecule has 0 spiro atoms. The third-order valence-corrected chi connectivity index (χ3v) is 2.79. The van der Waals surface area contributed by atoms with Crippen molar-refractivity contribution >= 4 is 11.7 Å². The van der Waals surface area contributed by atoms with Crippen LogP contribution in [0.15, 0.2) is 0 Å². The van der Waals surface area contributed by atoms with E-state index in [1.165, 1.54) is 0 Å². The molecule has 0 bridgehead atoms. The first kappa shape index (κ1) is 12.2. The molecule has 1 fully saturated rings. The molecular weight excluding hydrogens is 192 g/mol. The average molecular weight is 212 g/mol. The van der Waals surface area contributed by atoms with Crippen molar-refractivity contribution in [1.82, 2.24) is 4.90 Å². The largest absolute Gasteiger partial charge is 0.336 e. The van der Waals surface area contributed by atoms with E-state index in [9.17, 15) is 9.59 Å². The van der Waals surface area contributed by atoms with Crippen LogP contribution in [0.2, 0.25) is 0 Å². The average Bonchev–Trinajstić information content (AvgIpc) is 2.28. The van der Waals surface area contributed by atoms with Crippen LogP contribution in [0.25, 0.3) is 0 Å². The zero-order valence-electron chi connectivity index (χ0n) is 9.37. The topological polar surface area (TPSA) is 63.4 Å². The number of carbonyl (C=O) groups is 2. The normalized spacial score (nSPS) is 18.7. The third kappa shape index (κ3) is 3.30. The van der Waals surface area contributed by atoms with Crippen LogP contribution in [-0.2, 0) is 9.59 Å². The molecule has 0 aliphatic carbocycles. The quantitative estimate of drug-likeness (QED) is 0.697. The second kappa shape index (κ2) is 5.85. The number of Topliss-reactive ketones (excluding diaryl/α,β-unsaturated/α-hetero) is 1. The number of piperidine rings is 1. The van der Waals surface area contributed by atoms with Crippen LogP contribution in [0.3, 0.4) is 0 Å². The van der Waals surface area contributed by atoms with E-state index in [0.717, 1.165) is 25.7 Å². The number of nitrogens with two attached hydrogens (primary N) is 1. The van der Waals surface area contributed by atoms with Crippen molar-refractivity contribution in [2.45, 2.75) is 45.1 Å². The Bertz CT molecular complexity index is 235. The minimum atomic E-state index is -0.607. The molecular formula is C11H20N2O2. The van der Waals surface area contributed by atoms with Crippen molar-refractivity contribution in [1.29, 1.82) is 0 Å². The van der Waals surface area contributed by atoms with Gasteiger partial charge < -0.3 is 10.6 Å². The first-order valence-corrected chi connectivity index (χ1v) is 5.75. The molecule has 1 aliphatic rings. The molecule has 2 N–H and O–H groups in total. The summed E-state index contributed by atoms with van der Waals surface area (Å²) in [5.74, 6) is -0.797. The van der Waals surface area contributed by atoms with E-state index >= 15 is 0 Å². The van der Waals surface area contributed by atoms with E-state index in [1.54, 1.807) is 4.90 Å². The van der Waals surface area contributed by atoms with Crippen molar-refractivity contribution < 1.29 is 9.59 Å². The fourth-order valence-corrected chi connectivity index (χ4v) is 1.85. The number of hydrogen-bond acceptors (Lipinski definition) is 3. The second-order valence-electron chi connectivity index (χ2n) is 4.11. The van der Waals surface area contributed by atoms with Crippen LogP contribution < -0.4 is 5.73 Å². The van der Waals surface area contributed by atoms with Gasteiger partial charge in [0, 0.05) is 13.1 Å².